The summed E-state index contributed by atoms with van der Waals surface area (Å²) in [6.07, 6.45) is 10.8. The molecule has 14 heavy (non-hydrogen) atoms. The Morgan fingerprint density at radius 1 is 1.07 bits per heavy atom. The van der Waals surface area contributed by atoms with Crippen LogP contribution in [0.3, 0.4) is 0 Å². The molecule has 0 amide bonds. The van der Waals surface area contributed by atoms with Crippen LogP contribution in [0, 0.1) is 29.1 Å². The van der Waals surface area contributed by atoms with Crippen LogP contribution in [0.25, 0.3) is 0 Å². The summed E-state index contributed by atoms with van der Waals surface area (Å²) in [5.41, 5.74) is 0.788. The van der Waals surface area contributed by atoms with Crippen molar-refractivity contribution in [3.8, 4) is 0 Å². The van der Waals surface area contributed by atoms with E-state index in [1.807, 2.05) is 0 Å². The van der Waals surface area contributed by atoms with E-state index in [4.69, 9.17) is 0 Å². The molecule has 2 bridgehead atoms. The number of hydrogen-bond donors (Lipinski definition) is 0. The maximum Gasteiger partial charge on any atom is -0.0269 e. The van der Waals surface area contributed by atoms with Gasteiger partial charge in [-0.15, -0.1) is 0 Å². The molecule has 3 rings (SSSR count). The van der Waals surface area contributed by atoms with Gasteiger partial charge in [0.05, 0.1) is 0 Å². The monoisotopic (exact) mass is 192 g/mol. The lowest BCUT2D eigenvalue weighted by atomic mass is 9.63. The Bertz CT molecular complexity index is 226. The fourth-order valence-corrected chi connectivity index (χ4v) is 5.45. The molecule has 0 heterocycles. The molecule has 3 saturated carbocycles. The van der Waals surface area contributed by atoms with E-state index in [0.717, 1.165) is 23.2 Å². The standard InChI is InChI=1S/C14H24/c1-3-14(4-2)9-10-8-13(14)12-7-5-6-11(10)12/h10-13H,3-9H2,1-2H3. The highest BCUT2D eigenvalue weighted by molar-refractivity contribution is 5.08. The van der Waals surface area contributed by atoms with Crippen molar-refractivity contribution >= 4 is 0 Å². The molecule has 0 saturated heterocycles. The van der Waals surface area contributed by atoms with Gasteiger partial charge < -0.3 is 0 Å². The van der Waals surface area contributed by atoms with Crippen molar-refractivity contribution in [1.82, 2.24) is 0 Å². The number of hydrogen-bond acceptors (Lipinski definition) is 0. The van der Waals surface area contributed by atoms with Crippen LogP contribution in [0.5, 0.6) is 0 Å². The van der Waals surface area contributed by atoms with Gasteiger partial charge in [-0.2, -0.15) is 0 Å². The van der Waals surface area contributed by atoms with Crippen LogP contribution in [0.4, 0.5) is 0 Å². The third-order valence-electron chi connectivity index (χ3n) is 6.17. The molecule has 0 aromatic carbocycles. The van der Waals surface area contributed by atoms with E-state index in [-0.39, 0.29) is 0 Å². The molecule has 0 aromatic heterocycles. The van der Waals surface area contributed by atoms with E-state index < -0.39 is 0 Å². The third-order valence-corrected chi connectivity index (χ3v) is 6.17. The molecule has 0 N–H and O–H groups in total. The summed E-state index contributed by atoms with van der Waals surface area (Å²) in [6, 6.07) is 0. The average molecular weight is 192 g/mol. The summed E-state index contributed by atoms with van der Waals surface area (Å²) in [5, 5.41) is 0. The van der Waals surface area contributed by atoms with Gasteiger partial charge in [0, 0.05) is 0 Å². The van der Waals surface area contributed by atoms with Gasteiger partial charge in [0.25, 0.3) is 0 Å². The predicted molar refractivity (Wildman–Crippen MR) is 60.1 cm³/mol. The minimum atomic E-state index is 0.788. The second kappa shape index (κ2) is 3.00. The van der Waals surface area contributed by atoms with Gasteiger partial charge in [0.15, 0.2) is 0 Å². The van der Waals surface area contributed by atoms with Crippen LogP contribution < -0.4 is 0 Å². The first kappa shape index (κ1) is 9.24. The van der Waals surface area contributed by atoms with Crippen molar-refractivity contribution in [2.75, 3.05) is 0 Å². The van der Waals surface area contributed by atoms with Crippen LogP contribution in [-0.2, 0) is 0 Å². The molecule has 4 atom stereocenters. The molecule has 0 spiro atoms. The molecule has 0 nitrogen and oxygen atoms in total. The second-order valence-electron chi connectivity index (χ2n) is 6.13. The van der Waals surface area contributed by atoms with E-state index in [2.05, 4.69) is 13.8 Å². The first-order chi connectivity index (χ1) is 6.80. The van der Waals surface area contributed by atoms with Gasteiger partial charge in [-0.25, -0.2) is 0 Å². The minimum Gasteiger partial charge on any atom is -0.0648 e. The first-order valence-corrected chi connectivity index (χ1v) is 6.80. The summed E-state index contributed by atoms with van der Waals surface area (Å²) in [5.74, 6) is 4.61. The van der Waals surface area contributed by atoms with Crippen LogP contribution in [0.1, 0.15) is 58.8 Å². The zero-order chi connectivity index (χ0) is 9.76. The molecular formula is C14H24. The fourth-order valence-electron chi connectivity index (χ4n) is 5.45. The molecule has 3 fully saturated rings. The summed E-state index contributed by atoms with van der Waals surface area (Å²) < 4.78 is 0. The molecule has 0 aliphatic heterocycles. The molecular weight excluding hydrogens is 168 g/mol. The van der Waals surface area contributed by atoms with Crippen molar-refractivity contribution in [3.63, 3.8) is 0 Å². The largest absolute Gasteiger partial charge is 0.0648 e. The Balaban J connectivity index is 1.89. The first-order valence-electron chi connectivity index (χ1n) is 6.80. The normalized spacial score (nSPS) is 48.4. The van der Waals surface area contributed by atoms with Crippen molar-refractivity contribution in [2.45, 2.75) is 58.8 Å². The maximum absolute atomic E-state index is 2.44. The maximum atomic E-state index is 2.44. The van der Waals surface area contributed by atoms with Gasteiger partial charge >= 0.3 is 0 Å². The van der Waals surface area contributed by atoms with Crippen LogP contribution in [0.2, 0.25) is 0 Å². The lowest BCUT2D eigenvalue weighted by Crippen LogP contribution is -2.34. The predicted octanol–water partition coefficient (Wildman–Crippen LogP) is 4.25. The van der Waals surface area contributed by atoms with Gasteiger partial charge in [-0.3, -0.25) is 0 Å². The Hall–Kier alpha value is 0. The van der Waals surface area contributed by atoms with E-state index in [9.17, 15) is 0 Å². The summed E-state index contributed by atoms with van der Waals surface area (Å²) in [7, 11) is 0. The zero-order valence-corrected chi connectivity index (χ0v) is 9.76. The summed E-state index contributed by atoms with van der Waals surface area (Å²) in [6.45, 7) is 4.88. The van der Waals surface area contributed by atoms with E-state index in [0.29, 0.717) is 0 Å². The Kier molecular flexibility index (Phi) is 1.98. The third kappa shape index (κ3) is 0.955. The van der Waals surface area contributed by atoms with E-state index >= 15 is 0 Å². The minimum absolute atomic E-state index is 0.788. The average Bonchev–Trinajstić information content (AvgIpc) is 2.88. The molecule has 0 heteroatoms. The molecule has 80 valence electrons. The highest BCUT2D eigenvalue weighted by Gasteiger charge is 2.58. The highest BCUT2D eigenvalue weighted by Crippen LogP contribution is 2.67. The Morgan fingerprint density at radius 2 is 1.79 bits per heavy atom. The fraction of sp³-hybridized carbons (Fsp3) is 1.00. The second-order valence-corrected chi connectivity index (χ2v) is 6.13. The van der Waals surface area contributed by atoms with Gasteiger partial charge in [0.1, 0.15) is 0 Å². The van der Waals surface area contributed by atoms with Gasteiger partial charge in [0.2, 0.25) is 0 Å². The lowest BCUT2D eigenvalue weighted by Gasteiger charge is -2.42. The summed E-state index contributed by atoms with van der Waals surface area (Å²) in [4.78, 5) is 0. The van der Waals surface area contributed by atoms with Crippen molar-refractivity contribution in [1.29, 1.82) is 0 Å². The summed E-state index contributed by atoms with van der Waals surface area (Å²) >= 11 is 0. The van der Waals surface area contributed by atoms with Crippen LogP contribution >= 0.6 is 0 Å². The zero-order valence-electron chi connectivity index (χ0n) is 9.76. The van der Waals surface area contributed by atoms with Gasteiger partial charge in [-0.05, 0) is 54.8 Å². The Morgan fingerprint density at radius 3 is 2.50 bits per heavy atom. The molecule has 0 aromatic rings. The number of rotatable bonds is 2. The highest BCUT2D eigenvalue weighted by atomic mass is 14.6. The smallest absolute Gasteiger partial charge is 0.0269 e. The molecule has 4 unspecified atom stereocenters. The van der Waals surface area contributed by atoms with Crippen molar-refractivity contribution < 1.29 is 0 Å². The van der Waals surface area contributed by atoms with Crippen molar-refractivity contribution in [3.05, 3.63) is 0 Å². The SMILES string of the molecule is CCC1(CC)CC2CC1C1CCCC21. The molecule has 3 aliphatic carbocycles. The van der Waals surface area contributed by atoms with Gasteiger partial charge in [-0.1, -0.05) is 33.1 Å². The van der Waals surface area contributed by atoms with E-state index in [1.54, 1.807) is 32.1 Å². The van der Waals surface area contributed by atoms with E-state index in [1.165, 1.54) is 18.8 Å². The van der Waals surface area contributed by atoms with Crippen LogP contribution in [-0.4, -0.2) is 0 Å². The quantitative estimate of drug-likeness (QED) is 0.613. The van der Waals surface area contributed by atoms with Crippen LogP contribution in [0.15, 0.2) is 0 Å². The molecule has 3 aliphatic rings. The van der Waals surface area contributed by atoms with Crippen molar-refractivity contribution in [2.24, 2.45) is 29.1 Å². The Labute approximate surface area is 88.5 Å². The lowest BCUT2D eigenvalue weighted by molar-refractivity contribution is 0.0731. The molecule has 0 radical (unpaired) electrons. The number of fused-ring (bicyclic) bond motifs is 5. The topological polar surface area (TPSA) is 0 Å².